The number of carboxylic acids is 1. The van der Waals surface area contributed by atoms with Gasteiger partial charge in [0.15, 0.2) is 0 Å². The van der Waals surface area contributed by atoms with Crippen molar-refractivity contribution in [2.75, 3.05) is 32.7 Å². The zero-order valence-corrected chi connectivity index (χ0v) is 15.7. The number of carbonyl (C=O) groups is 1. The molecule has 1 heterocycles. The summed E-state index contributed by atoms with van der Waals surface area (Å²) in [5, 5.41) is 10.4. The van der Waals surface area contributed by atoms with Gasteiger partial charge in [0, 0.05) is 43.3 Å². The number of nitrogens with zero attached hydrogens (tertiary/aromatic N) is 2. The minimum Gasteiger partial charge on any atom is -0.491 e. The predicted octanol–water partition coefficient (Wildman–Crippen LogP) is 3.28. The third-order valence-corrected chi connectivity index (χ3v) is 5.08. The van der Waals surface area contributed by atoms with E-state index in [4.69, 9.17) is 16.3 Å². The number of aliphatic carboxylic acids is 1. The monoisotopic (exact) mass is 366 g/mol. The van der Waals surface area contributed by atoms with Crippen LogP contribution in [0.15, 0.2) is 18.2 Å². The summed E-state index contributed by atoms with van der Waals surface area (Å²) in [5.74, 6) is 0.611. The lowest BCUT2D eigenvalue weighted by Crippen LogP contribution is -2.49. The Hall–Kier alpha value is -1.30. The van der Waals surface area contributed by atoms with Crippen LogP contribution < -0.4 is 4.74 Å². The maximum absolute atomic E-state index is 12.1. The molecule has 0 spiro atoms. The van der Waals surface area contributed by atoms with Gasteiger partial charge in [0.2, 0.25) is 0 Å². The Labute approximate surface area is 154 Å². The van der Waals surface area contributed by atoms with Crippen molar-refractivity contribution in [2.45, 2.75) is 38.8 Å². The predicted molar refractivity (Wildman–Crippen MR) is 98.3 cm³/mol. The van der Waals surface area contributed by atoms with Crippen molar-refractivity contribution < 1.29 is 14.6 Å². The van der Waals surface area contributed by atoms with Crippen LogP contribution in [0.4, 0.5) is 0 Å². The summed E-state index contributed by atoms with van der Waals surface area (Å²) in [6, 6.07) is 4.52. The lowest BCUT2D eigenvalue weighted by atomic mass is 10.0. The number of ether oxygens (including phenoxy) is 1. The molecule has 1 atom stereocenters. The SMILES string of the molecule is CC(C)Oc1ccc(Cl)cc1[C@H](C(=O)O)N1CCN(CC2CC2)CC1. The molecule has 5 nitrogen and oxygen atoms in total. The summed E-state index contributed by atoms with van der Waals surface area (Å²) in [5.41, 5.74) is 0.643. The Morgan fingerprint density at radius 1 is 1.28 bits per heavy atom. The summed E-state index contributed by atoms with van der Waals surface area (Å²) in [4.78, 5) is 16.6. The van der Waals surface area contributed by atoms with Crippen molar-refractivity contribution in [3.8, 4) is 5.75 Å². The van der Waals surface area contributed by atoms with E-state index in [9.17, 15) is 9.90 Å². The third-order valence-electron chi connectivity index (χ3n) is 4.85. The van der Waals surface area contributed by atoms with Gasteiger partial charge < -0.3 is 14.7 Å². The van der Waals surface area contributed by atoms with E-state index < -0.39 is 12.0 Å². The van der Waals surface area contributed by atoms with Gasteiger partial charge in [-0.2, -0.15) is 0 Å². The van der Waals surface area contributed by atoms with E-state index in [2.05, 4.69) is 4.90 Å². The minimum absolute atomic E-state index is 0.0234. The fourth-order valence-corrected chi connectivity index (χ4v) is 3.63. The molecule has 0 unspecified atom stereocenters. The van der Waals surface area contributed by atoms with Crippen LogP contribution in [-0.2, 0) is 4.79 Å². The van der Waals surface area contributed by atoms with Crippen LogP contribution in [0.5, 0.6) is 5.75 Å². The average molecular weight is 367 g/mol. The van der Waals surface area contributed by atoms with Crippen molar-refractivity contribution >= 4 is 17.6 Å². The van der Waals surface area contributed by atoms with Gasteiger partial charge in [0.25, 0.3) is 0 Å². The first-order valence-electron chi connectivity index (χ1n) is 9.09. The molecular weight excluding hydrogens is 340 g/mol. The van der Waals surface area contributed by atoms with Crippen LogP contribution in [0, 0.1) is 5.92 Å². The number of rotatable bonds is 7. The maximum atomic E-state index is 12.1. The first kappa shape index (κ1) is 18.5. The highest BCUT2D eigenvalue weighted by Gasteiger charge is 2.34. The van der Waals surface area contributed by atoms with Gasteiger partial charge in [-0.3, -0.25) is 9.69 Å². The normalized spacial score (nSPS) is 20.6. The summed E-state index contributed by atoms with van der Waals surface area (Å²) < 4.78 is 5.85. The Kier molecular flexibility index (Phi) is 5.87. The highest BCUT2D eigenvalue weighted by atomic mass is 35.5. The molecule has 1 saturated heterocycles. The molecule has 2 aliphatic rings. The van der Waals surface area contributed by atoms with E-state index in [1.807, 2.05) is 18.7 Å². The molecule has 1 aliphatic carbocycles. The van der Waals surface area contributed by atoms with Crippen molar-refractivity contribution in [3.05, 3.63) is 28.8 Å². The Morgan fingerprint density at radius 3 is 2.52 bits per heavy atom. The molecule has 0 aromatic heterocycles. The fourth-order valence-electron chi connectivity index (χ4n) is 3.45. The molecule has 1 N–H and O–H groups in total. The molecule has 1 aliphatic heterocycles. The molecule has 0 amide bonds. The standard InChI is InChI=1S/C19H27ClN2O3/c1-13(2)25-17-6-5-15(20)11-16(17)18(19(23)24)22-9-7-21(8-10-22)12-14-3-4-14/h5-6,11,13-14,18H,3-4,7-10,12H2,1-2H3,(H,23,24)/t18-/m1/s1. The van der Waals surface area contributed by atoms with Crippen molar-refractivity contribution in [1.82, 2.24) is 9.80 Å². The Morgan fingerprint density at radius 2 is 1.96 bits per heavy atom. The van der Waals surface area contributed by atoms with Crippen LogP contribution in [0.3, 0.4) is 0 Å². The van der Waals surface area contributed by atoms with Crippen molar-refractivity contribution in [1.29, 1.82) is 0 Å². The van der Waals surface area contributed by atoms with Crippen LogP contribution in [-0.4, -0.2) is 59.7 Å². The van der Waals surface area contributed by atoms with E-state index in [1.165, 1.54) is 12.8 Å². The van der Waals surface area contributed by atoms with E-state index in [-0.39, 0.29) is 6.10 Å². The summed E-state index contributed by atoms with van der Waals surface area (Å²) >= 11 is 6.15. The fraction of sp³-hybridized carbons (Fsp3) is 0.632. The van der Waals surface area contributed by atoms with Gasteiger partial charge >= 0.3 is 5.97 Å². The van der Waals surface area contributed by atoms with E-state index in [0.717, 1.165) is 38.6 Å². The van der Waals surface area contributed by atoms with Gasteiger partial charge in [0.05, 0.1) is 6.10 Å². The number of benzene rings is 1. The molecule has 138 valence electrons. The second-order valence-corrected chi connectivity index (χ2v) is 7.81. The van der Waals surface area contributed by atoms with Gasteiger partial charge in [-0.25, -0.2) is 0 Å². The first-order valence-corrected chi connectivity index (χ1v) is 9.47. The van der Waals surface area contributed by atoms with Gasteiger partial charge in [-0.05, 0) is 50.8 Å². The second-order valence-electron chi connectivity index (χ2n) is 7.37. The molecule has 1 aromatic carbocycles. The van der Waals surface area contributed by atoms with Crippen molar-refractivity contribution in [3.63, 3.8) is 0 Å². The largest absolute Gasteiger partial charge is 0.491 e. The average Bonchev–Trinajstić information content (AvgIpc) is 3.35. The molecule has 2 fully saturated rings. The first-order chi connectivity index (χ1) is 11.9. The van der Waals surface area contributed by atoms with Crippen LogP contribution in [0.2, 0.25) is 5.02 Å². The van der Waals surface area contributed by atoms with Crippen LogP contribution >= 0.6 is 11.6 Å². The third kappa shape index (κ3) is 4.87. The van der Waals surface area contributed by atoms with Gasteiger partial charge in [0.1, 0.15) is 11.8 Å². The van der Waals surface area contributed by atoms with Crippen LogP contribution in [0.25, 0.3) is 0 Å². The van der Waals surface area contributed by atoms with E-state index in [0.29, 0.717) is 16.3 Å². The quantitative estimate of drug-likeness (QED) is 0.802. The molecule has 1 saturated carbocycles. The lowest BCUT2D eigenvalue weighted by molar-refractivity contribution is -0.144. The van der Waals surface area contributed by atoms with Crippen molar-refractivity contribution in [2.24, 2.45) is 5.92 Å². The van der Waals surface area contributed by atoms with Crippen LogP contribution in [0.1, 0.15) is 38.3 Å². The Bertz CT molecular complexity index is 611. The molecule has 0 bridgehead atoms. The summed E-state index contributed by atoms with van der Waals surface area (Å²) in [6.07, 6.45) is 2.66. The van der Waals surface area contributed by atoms with Gasteiger partial charge in [-0.1, -0.05) is 11.6 Å². The second kappa shape index (κ2) is 7.94. The molecule has 0 radical (unpaired) electrons. The number of carboxylic acid groups (broad SMARTS) is 1. The number of hydrogen-bond donors (Lipinski definition) is 1. The zero-order chi connectivity index (χ0) is 18.0. The van der Waals surface area contributed by atoms with Gasteiger partial charge in [-0.15, -0.1) is 0 Å². The molecule has 3 rings (SSSR count). The molecule has 6 heteroatoms. The lowest BCUT2D eigenvalue weighted by Gasteiger charge is -2.38. The van der Waals surface area contributed by atoms with E-state index in [1.54, 1.807) is 18.2 Å². The highest BCUT2D eigenvalue weighted by molar-refractivity contribution is 6.30. The maximum Gasteiger partial charge on any atom is 0.325 e. The Balaban J connectivity index is 1.77. The topological polar surface area (TPSA) is 53.0 Å². The number of hydrogen-bond acceptors (Lipinski definition) is 4. The molecule has 1 aromatic rings. The summed E-state index contributed by atoms with van der Waals surface area (Å²) in [6.45, 7) is 8.36. The zero-order valence-electron chi connectivity index (χ0n) is 14.9. The minimum atomic E-state index is -0.855. The number of piperazine rings is 1. The summed E-state index contributed by atoms with van der Waals surface area (Å²) in [7, 11) is 0. The number of halogens is 1. The smallest absolute Gasteiger partial charge is 0.325 e. The van der Waals surface area contributed by atoms with E-state index >= 15 is 0 Å². The molecular formula is C19H27ClN2O3. The highest BCUT2D eigenvalue weighted by Crippen LogP contribution is 2.34. The molecule has 25 heavy (non-hydrogen) atoms.